The van der Waals surface area contributed by atoms with E-state index in [1.165, 1.54) is 0 Å². The number of hydrogen-bond acceptors (Lipinski definition) is 1. The van der Waals surface area contributed by atoms with E-state index in [1.54, 1.807) is 0 Å². The number of hydrogen-bond donors (Lipinski definition) is 0. The summed E-state index contributed by atoms with van der Waals surface area (Å²) in [7, 11) is 0. The van der Waals surface area contributed by atoms with Crippen LogP contribution in [-0.2, 0) is 0 Å². The third kappa shape index (κ3) is 2.29. The number of nitrogens with zero attached hydrogens (tertiary/aromatic N) is 1. The molecular formula is CHClF3N. The zero-order valence-corrected chi connectivity index (χ0v) is 3.29. The molecule has 0 radical (unpaired) electrons. The van der Waals surface area contributed by atoms with Crippen molar-refractivity contribution in [2.24, 2.45) is 0 Å². The van der Waals surface area contributed by atoms with E-state index in [4.69, 9.17) is 0 Å². The van der Waals surface area contributed by atoms with Gasteiger partial charge in [-0.05, 0) is 0 Å². The maximum atomic E-state index is 10.8. The first-order chi connectivity index (χ1) is 2.64. The van der Waals surface area contributed by atoms with Gasteiger partial charge >= 0.3 is 0 Å². The Labute approximate surface area is 37.2 Å². The average molecular weight is 119 g/mol. The van der Waals surface area contributed by atoms with Crippen molar-refractivity contribution in [2.75, 3.05) is 0 Å². The van der Waals surface area contributed by atoms with Crippen LogP contribution >= 0.6 is 11.6 Å². The quantitative estimate of drug-likeness (QED) is 0.288. The van der Waals surface area contributed by atoms with Crippen LogP contribution in [0, 0.1) is 0 Å². The van der Waals surface area contributed by atoms with Gasteiger partial charge in [-0.3, -0.25) is 0 Å². The van der Waals surface area contributed by atoms with Gasteiger partial charge in [0.15, 0.2) is 0 Å². The molecule has 0 saturated heterocycles. The van der Waals surface area contributed by atoms with Crippen molar-refractivity contribution < 1.29 is 13.4 Å². The van der Waals surface area contributed by atoms with Crippen LogP contribution in [0.1, 0.15) is 0 Å². The largest absolute Gasteiger partial charge is 0.285 e. The van der Waals surface area contributed by atoms with Crippen molar-refractivity contribution in [3.8, 4) is 0 Å². The third-order valence-electron chi connectivity index (χ3n) is 0.148. The molecule has 1 nitrogen and oxygen atoms in total. The zero-order valence-electron chi connectivity index (χ0n) is 2.54. The molecule has 0 fully saturated rings. The van der Waals surface area contributed by atoms with Crippen molar-refractivity contribution in [1.29, 1.82) is 0 Å². The summed E-state index contributed by atoms with van der Waals surface area (Å²) >= 11 is 4.12. The molecule has 1 atom stereocenters. The zero-order chi connectivity index (χ0) is 5.15. The minimum Gasteiger partial charge on any atom is -0.206 e. The van der Waals surface area contributed by atoms with Gasteiger partial charge in [-0.2, -0.15) is 0 Å². The van der Waals surface area contributed by atoms with Crippen molar-refractivity contribution in [3.63, 3.8) is 0 Å². The highest BCUT2D eigenvalue weighted by Crippen LogP contribution is 2.04. The molecule has 0 N–H and O–H groups in total. The maximum absolute atomic E-state index is 10.8. The number of halogens is 4. The van der Waals surface area contributed by atoms with Crippen LogP contribution < -0.4 is 0 Å². The van der Waals surface area contributed by atoms with Crippen molar-refractivity contribution >= 4 is 11.6 Å². The molecule has 0 aliphatic carbocycles. The van der Waals surface area contributed by atoms with Gasteiger partial charge in [-0.25, -0.2) is 4.39 Å². The molecule has 5 heteroatoms. The Balaban J connectivity index is 2.99. The van der Waals surface area contributed by atoms with Gasteiger partial charge < -0.3 is 0 Å². The fourth-order valence-corrected chi connectivity index (χ4v) is 0. The van der Waals surface area contributed by atoms with Crippen molar-refractivity contribution in [2.45, 2.75) is 5.75 Å². The molecule has 0 amide bonds. The molecule has 0 aliphatic rings. The Kier molecular flexibility index (Phi) is 2.27. The summed E-state index contributed by atoms with van der Waals surface area (Å²) in [6, 6.07) is 0. The smallest absolute Gasteiger partial charge is 0.206 e. The topological polar surface area (TPSA) is 3.24 Å². The highest BCUT2D eigenvalue weighted by atomic mass is 35.5. The molecule has 0 spiro atoms. The second-order valence-electron chi connectivity index (χ2n) is 0.537. The lowest BCUT2D eigenvalue weighted by atomic mass is 11.4. The van der Waals surface area contributed by atoms with Gasteiger partial charge in [0, 0.05) is 0 Å². The van der Waals surface area contributed by atoms with Crippen LogP contribution in [0.3, 0.4) is 0 Å². The van der Waals surface area contributed by atoms with E-state index >= 15 is 0 Å². The van der Waals surface area contributed by atoms with Crippen LogP contribution in [-0.4, -0.2) is 11.1 Å². The Bertz CT molecular complexity index is 31.8. The van der Waals surface area contributed by atoms with E-state index in [1.807, 2.05) is 0 Å². The van der Waals surface area contributed by atoms with Gasteiger partial charge in [0.25, 0.3) is 5.75 Å². The van der Waals surface area contributed by atoms with Crippen LogP contribution in [0.15, 0.2) is 0 Å². The van der Waals surface area contributed by atoms with Gasteiger partial charge in [0.2, 0.25) is 0 Å². The molecule has 0 rings (SSSR count). The Hall–Kier alpha value is 0.0400. The predicted molar refractivity (Wildman–Crippen MR) is 14.8 cm³/mol. The lowest BCUT2D eigenvalue weighted by Crippen LogP contribution is -2.05. The van der Waals surface area contributed by atoms with Crippen LogP contribution in [0.4, 0.5) is 13.4 Å². The van der Waals surface area contributed by atoms with Gasteiger partial charge in [0.05, 0.1) is 5.34 Å². The SMILES string of the molecule is FC(Cl)N(F)F. The van der Waals surface area contributed by atoms with Gasteiger partial charge in [-0.1, -0.05) is 20.6 Å². The molecule has 0 aromatic rings. The summed E-state index contributed by atoms with van der Waals surface area (Å²) < 4.78 is 31.7. The summed E-state index contributed by atoms with van der Waals surface area (Å²) in [5.74, 6) is -2.68. The standard InChI is InChI=1S/CHClF3N/c2-1(3)6(4)5/h1H. The minimum absolute atomic E-state index is 1.73. The predicted octanol–water partition coefficient (Wildman–Crippen LogP) is 1.55. The second-order valence-corrected chi connectivity index (χ2v) is 0.897. The first-order valence-electron chi connectivity index (χ1n) is 1.03. The molecule has 0 heterocycles. The molecule has 6 heavy (non-hydrogen) atoms. The Morgan fingerprint density at radius 2 is 1.67 bits per heavy atom. The van der Waals surface area contributed by atoms with E-state index in [9.17, 15) is 13.4 Å². The van der Waals surface area contributed by atoms with E-state index in [0.717, 1.165) is 0 Å². The van der Waals surface area contributed by atoms with E-state index < -0.39 is 11.1 Å². The summed E-state index contributed by atoms with van der Waals surface area (Å²) in [4.78, 5) is 0. The fourth-order valence-electron chi connectivity index (χ4n) is 0. The van der Waals surface area contributed by atoms with E-state index in [0.29, 0.717) is 0 Å². The van der Waals surface area contributed by atoms with Crippen LogP contribution in [0.5, 0.6) is 0 Å². The summed E-state index contributed by atoms with van der Waals surface area (Å²) in [6.07, 6.45) is 0. The van der Waals surface area contributed by atoms with E-state index in [2.05, 4.69) is 11.6 Å². The normalized spacial score (nSPS) is 15.5. The lowest BCUT2D eigenvalue weighted by Gasteiger charge is -1.93. The summed E-state index contributed by atoms with van der Waals surface area (Å²) in [5, 5.41) is -1.73. The second kappa shape index (κ2) is 2.25. The van der Waals surface area contributed by atoms with E-state index in [-0.39, 0.29) is 0 Å². The Morgan fingerprint density at radius 3 is 1.67 bits per heavy atom. The molecule has 0 bridgehead atoms. The summed E-state index contributed by atoms with van der Waals surface area (Å²) in [5.41, 5.74) is 0. The minimum atomic E-state index is -2.68. The number of rotatable bonds is 1. The van der Waals surface area contributed by atoms with Crippen molar-refractivity contribution in [1.82, 2.24) is 5.34 Å². The summed E-state index contributed by atoms with van der Waals surface area (Å²) in [6.45, 7) is 0. The Morgan fingerprint density at radius 1 is 1.50 bits per heavy atom. The number of alkyl halides is 2. The molecule has 38 valence electrons. The van der Waals surface area contributed by atoms with Crippen LogP contribution in [0.2, 0.25) is 0 Å². The maximum Gasteiger partial charge on any atom is 0.285 e. The third-order valence-corrected chi connectivity index (χ3v) is 0.295. The molecule has 0 saturated carbocycles. The molecule has 1 unspecified atom stereocenters. The first kappa shape index (κ1) is 6.04. The van der Waals surface area contributed by atoms with Gasteiger partial charge in [-0.15, -0.1) is 0 Å². The van der Waals surface area contributed by atoms with Crippen molar-refractivity contribution in [3.05, 3.63) is 0 Å². The monoisotopic (exact) mass is 119 g/mol. The lowest BCUT2D eigenvalue weighted by molar-refractivity contribution is -0.195. The first-order valence-corrected chi connectivity index (χ1v) is 1.47. The molecule has 0 aromatic heterocycles. The fraction of sp³-hybridized carbons (Fsp3) is 1.00. The van der Waals surface area contributed by atoms with Crippen LogP contribution in [0.25, 0.3) is 0 Å². The van der Waals surface area contributed by atoms with Gasteiger partial charge in [0.1, 0.15) is 0 Å². The average Bonchev–Trinajstić information content (AvgIpc) is 1.36. The molecule has 0 aromatic carbocycles. The highest BCUT2D eigenvalue weighted by molar-refractivity contribution is 6.19. The highest BCUT2D eigenvalue weighted by Gasteiger charge is 2.09. The molecular weight excluding hydrogens is 118 g/mol. The molecule has 0 aliphatic heterocycles.